The van der Waals surface area contributed by atoms with E-state index in [-0.39, 0.29) is 11.6 Å². The molecule has 9 heteroatoms. The maximum atomic E-state index is 11.9. The van der Waals surface area contributed by atoms with E-state index in [0.717, 1.165) is 24.8 Å². The van der Waals surface area contributed by atoms with Crippen molar-refractivity contribution in [2.24, 2.45) is 5.92 Å². The summed E-state index contributed by atoms with van der Waals surface area (Å²) in [5, 5.41) is 3.44. The molecule has 31 heavy (non-hydrogen) atoms. The van der Waals surface area contributed by atoms with Crippen molar-refractivity contribution in [3.63, 3.8) is 0 Å². The van der Waals surface area contributed by atoms with E-state index in [4.69, 9.17) is 0 Å². The second-order valence-electron chi connectivity index (χ2n) is 8.51. The SMILES string of the molecule is CC(C)C1=CN(/C=C\N(C=O)CC2(c3ccc(N(S(C)=O)S(C)=O)cc3)CC2)C(C)N1. The highest BCUT2D eigenvalue weighted by Crippen LogP contribution is 2.49. The third-order valence-corrected chi connectivity index (χ3v) is 8.41. The molecule has 1 fully saturated rings. The zero-order valence-corrected chi connectivity index (χ0v) is 20.4. The lowest BCUT2D eigenvalue weighted by Gasteiger charge is -2.24. The lowest BCUT2D eigenvalue weighted by atomic mass is 9.95. The Balaban J connectivity index is 1.70. The maximum Gasteiger partial charge on any atom is 0.213 e. The Morgan fingerprint density at radius 2 is 1.81 bits per heavy atom. The van der Waals surface area contributed by atoms with Crippen LogP contribution in [0.3, 0.4) is 0 Å². The van der Waals surface area contributed by atoms with Crippen molar-refractivity contribution in [2.45, 2.75) is 45.2 Å². The predicted molar refractivity (Wildman–Crippen MR) is 127 cm³/mol. The number of hydrogen-bond donors (Lipinski definition) is 1. The molecule has 1 amide bonds. The molecule has 1 aliphatic carbocycles. The topological polar surface area (TPSA) is 73.0 Å². The molecule has 0 aromatic heterocycles. The van der Waals surface area contributed by atoms with Crippen LogP contribution in [-0.2, 0) is 32.2 Å². The summed E-state index contributed by atoms with van der Waals surface area (Å²) in [6.07, 6.45) is 11.9. The molecular weight excluding hydrogens is 432 g/mol. The number of anilines is 1. The van der Waals surface area contributed by atoms with Gasteiger partial charge in [0.25, 0.3) is 0 Å². The van der Waals surface area contributed by atoms with Gasteiger partial charge in [-0.3, -0.25) is 4.79 Å². The Hall–Kier alpha value is -2.13. The van der Waals surface area contributed by atoms with Gasteiger partial charge in [-0.05, 0) is 43.4 Å². The molecule has 1 saturated carbocycles. The monoisotopic (exact) mass is 464 g/mol. The summed E-state index contributed by atoms with van der Waals surface area (Å²) in [5.41, 5.74) is 2.91. The van der Waals surface area contributed by atoms with Crippen molar-refractivity contribution in [3.8, 4) is 0 Å². The molecular formula is C22H32N4O3S2. The van der Waals surface area contributed by atoms with Crippen LogP contribution in [0.4, 0.5) is 5.69 Å². The van der Waals surface area contributed by atoms with E-state index in [0.29, 0.717) is 18.2 Å². The molecule has 0 saturated heterocycles. The minimum atomic E-state index is -1.36. The average Bonchev–Trinajstić information content (AvgIpc) is 3.40. The fraction of sp³-hybridized carbons (Fsp3) is 0.500. The van der Waals surface area contributed by atoms with Crippen LogP contribution in [0, 0.1) is 5.92 Å². The third-order valence-electron chi connectivity index (χ3n) is 5.79. The molecule has 0 radical (unpaired) electrons. The van der Waals surface area contributed by atoms with Crippen LogP contribution >= 0.6 is 0 Å². The molecule has 3 unspecified atom stereocenters. The second-order valence-corrected chi connectivity index (χ2v) is 11.2. The highest BCUT2D eigenvalue weighted by atomic mass is 32.3. The number of nitrogens with zero attached hydrogens (tertiary/aromatic N) is 3. The third kappa shape index (κ3) is 5.38. The number of nitrogens with one attached hydrogen (secondary N) is 1. The summed E-state index contributed by atoms with van der Waals surface area (Å²) >= 11 is 0. The van der Waals surface area contributed by atoms with Gasteiger partial charge in [-0.25, -0.2) is 12.1 Å². The lowest BCUT2D eigenvalue weighted by Crippen LogP contribution is -2.32. The molecule has 170 valence electrons. The molecule has 1 heterocycles. The number of allylic oxidation sites excluding steroid dienone is 1. The summed E-state index contributed by atoms with van der Waals surface area (Å²) in [6.45, 7) is 6.98. The number of benzene rings is 1. The molecule has 0 bridgehead atoms. The van der Waals surface area contributed by atoms with Crippen LogP contribution in [-0.4, -0.2) is 49.8 Å². The van der Waals surface area contributed by atoms with Gasteiger partial charge in [0.1, 0.15) is 22.0 Å². The zero-order chi connectivity index (χ0) is 22.8. The first-order chi connectivity index (χ1) is 14.7. The Kier molecular flexibility index (Phi) is 7.26. The van der Waals surface area contributed by atoms with E-state index in [1.807, 2.05) is 36.7 Å². The van der Waals surface area contributed by atoms with Crippen molar-refractivity contribution < 1.29 is 13.2 Å². The van der Waals surface area contributed by atoms with Gasteiger partial charge in [-0.15, -0.1) is 0 Å². The Morgan fingerprint density at radius 3 is 2.26 bits per heavy atom. The van der Waals surface area contributed by atoms with Gasteiger partial charge in [-0.2, -0.15) is 0 Å². The van der Waals surface area contributed by atoms with E-state index in [2.05, 4.69) is 37.2 Å². The van der Waals surface area contributed by atoms with Crippen LogP contribution in [0.15, 0.2) is 48.6 Å². The van der Waals surface area contributed by atoms with Gasteiger partial charge < -0.3 is 15.1 Å². The quantitative estimate of drug-likeness (QED) is 0.539. The molecule has 1 N–H and O–H groups in total. The molecule has 1 aliphatic heterocycles. The minimum absolute atomic E-state index is 0.0703. The highest BCUT2D eigenvalue weighted by Gasteiger charge is 2.45. The molecule has 2 aliphatic rings. The molecule has 3 atom stereocenters. The van der Waals surface area contributed by atoms with Gasteiger partial charge in [0, 0.05) is 48.8 Å². The summed E-state index contributed by atoms with van der Waals surface area (Å²) < 4.78 is 25.2. The lowest BCUT2D eigenvalue weighted by molar-refractivity contribution is -0.116. The van der Waals surface area contributed by atoms with Crippen LogP contribution in [0.2, 0.25) is 0 Å². The van der Waals surface area contributed by atoms with Crippen molar-refractivity contribution in [3.05, 3.63) is 54.1 Å². The number of hydrogen-bond acceptors (Lipinski definition) is 5. The number of carbonyl (C=O) groups excluding carboxylic acids is 1. The van der Waals surface area contributed by atoms with Crippen molar-refractivity contribution in [1.82, 2.24) is 15.1 Å². The van der Waals surface area contributed by atoms with E-state index < -0.39 is 22.0 Å². The van der Waals surface area contributed by atoms with Crippen molar-refractivity contribution in [1.29, 1.82) is 0 Å². The first kappa shape index (κ1) is 23.5. The first-order valence-corrected chi connectivity index (χ1v) is 13.4. The Bertz CT molecular complexity index is 896. The summed E-state index contributed by atoms with van der Waals surface area (Å²) in [4.78, 5) is 15.5. The van der Waals surface area contributed by atoms with E-state index in [1.165, 1.54) is 21.9 Å². The van der Waals surface area contributed by atoms with Gasteiger partial charge in [0.15, 0.2) is 0 Å². The minimum Gasteiger partial charge on any atom is -0.367 e. The van der Waals surface area contributed by atoms with Crippen LogP contribution in [0.25, 0.3) is 0 Å². The summed E-state index contributed by atoms with van der Waals surface area (Å²) in [7, 11) is -2.73. The smallest absolute Gasteiger partial charge is 0.213 e. The van der Waals surface area contributed by atoms with Crippen LogP contribution in [0.5, 0.6) is 0 Å². The van der Waals surface area contributed by atoms with Crippen molar-refractivity contribution >= 4 is 34.1 Å². The van der Waals surface area contributed by atoms with E-state index in [1.54, 1.807) is 4.90 Å². The highest BCUT2D eigenvalue weighted by molar-refractivity contribution is 8.03. The summed E-state index contributed by atoms with van der Waals surface area (Å²) in [6, 6.07) is 7.70. The largest absolute Gasteiger partial charge is 0.367 e. The zero-order valence-electron chi connectivity index (χ0n) is 18.8. The molecule has 7 nitrogen and oxygen atoms in total. The fourth-order valence-corrected chi connectivity index (χ4v) is 5.84. The predicted octanol–water partition coefficient (Wildman–Crippen LogP) is 2.79. The van der Waals surface area contributed by atoms with Gasteiger partial charge in [0.05, 0.1) is 11.9 Å². The van der Waals surface area contributed by atoms with E-state index >= 15 is 0 Å². The standard InChI is InChI=1S/C22H32N4O3S2/c1-17(2)21-14-25(18(3)23-21)13-12-24(16-27)15-22(10-11-22)19-6-8-20(9-7-19)26(30(4)28)31(5)29/h6-9,12-14,16-18,23H,10-11,15H2,1-5H3/b13-12-. The summed E-state index contributed by atoms with van der Waals surface area (Å²) in [5.74, 6) is 0.423. The number of rotatable bonds is 10. The van der Waals surface area contributed by atoms with Crippen molar-refractivity contribution in [2.75, 3.05) is 22.8 Å². The number of amides is 1. The van der Waals surface area contributed by atoms with E-state index in [9.17, 15) is 13.2 Å². The maximum absolute atomic E-state index is 11.9. The Morgan fingerprint density at radius 1 is 1.19 bits per heavy atom. The average molecular weight is 465 g/mol. The van der Waals surface area contributed by atoms with Crippen LogP contribution < -0.4 is 9.03 Å². The normalized spacial score (nSPS) is 21.5. The second kappa shape index (κ2) is 9.56. The molecule has 0 spiro atoms. The van der Waals surface area contributed by atoms with Gasteiger partial charge in [0.2, 0.25) is 6.41 Å². The Labute approximate surface area is 190 Å². The van der Waals surface area contributed by atoms with Crippen LogP contribution in [0.1, 0.15) is 39.2 Å². The number of carbonyl (C=O) groups is 1. The fourth-order valence-electron chi connectivity index (χ4n) is 3.82. The van der Waals surface area contributed by atoms with Gasteiger partial charge in [-0.1, -0.05) is 26.0 Å². The molecule has 1 aromatic rings. The molecule has 1 aromatic carbocycles. The first-order valence-electron chi connectivity index (χ1n) is 10.4. The molecule has 3 rings (SSSR count). The van der Waals surface area contributed by atoms with Gasteiger partial charge >= 0.3 is 0 Å².